The summed E-state index contributed by atoms with van der Waals surface area (Å²) < 4.78 is 5.48. The number of Topliss-reactive ketones (excluding diaryl/α,β-unsaturated/α-hetero) is 1. The first-order valence-electron chi connectivity index (χ1n) is 5.94. The van der Waals surface area contributed by atoms with Crippen molar-refractivity contribution in [3.8, 4) is 5.75 Å². The Balaban J connectivity index is 1.98. The van der Waals surface area contributed by atoms with Crippen molar-refractivity contribution in [3.63, 3.8) is 0 Å². The van der Waals surface area contributed by atoms with E-state index < -0.39 is 0 Å². The third kappa shape index (κ3) is 3.20. The maximum absolute atomic E-state index is 11.9. The first-order valence-corrected chi connectivity index (χ1v) is 5.94. The Morgan fingerprint density at radius 1 is 1.00 bits per heavy atom. The summed E-state index contributed by atoms with van der Waals surface area (Å²) in [4.78, 5) is 11.9. The molecule has 0 aliphatic rings. The van der Waals surface area contributed by atoms with Gasteiger partial charge in [-0.1, -0.05) is 42.0 Å². The summed E-state index contributed by atoms with van der Waals surface area (Å²) in [5, 5.41) is 0. The highest BCUT2D eigenvalue weighted by molar-refractivity contribution is 5.97. The van der Waals surface area contributed by atoms with Crippen LogP contribution in [0.3, 0.4) is 0 Å². The van der Waals surface area contributed by atoms with E-state index in [1.165, 1.54) is 0 Å². The largest absolute Gasteiger partial charge is 0.485 e. The minimum atomic E-state index is -0.00324. The average Bonchev–Trinajstić information content (AvgIpc) is 2.37. The molecule has 2 aromatic carbocycles. The van der Waals surface area contributed by atoms with Crippen LogP contribution in [0.5, 0.6) is 5.75 Å². The molecule has 18 heavy (non-hydrogen) atoms. The van der Waals surface area contributed by atoms with Gasteiger partial charge < -0.3 is 4.74 Å². The molecule has 0 saturated heterocycles. The molecule has 0 amide bonds. The smallest absolute Gasteiger partial charge is 0.200 e. The number of ketones is 1. The molecule has 0 spiro atoms. The molecule has 0 radical (unpaired) electrons. The molecule has 0 N–H and O–H groups in total. The standard InChI is InChI=1S/C16H16O2/c1-12-6-8-14(9-7-12)16(17)11-18-15-5-3-4-13(2)10-15/h3-10H,11H2,1-2H3. The first kappa shape index (κ1) is 12.4. The van der Waals surface area contributed by atoms with Gasteiger partial charge in [-0.05, 0) is 31.5 Å². The maximum atomic E-state index is 11.9. The predicted octanol–water partition coefficient (Wildman–Crippen LogP) is 3.57. The van der Waals surface area contributed by atoms with Crippen LogP contribution in [-0.2, 0) is 0 Å². The van der Waals surface area contributed by atoms with Crippen molar-refractivity contribution < 1.29 is 9.53 Å². The minimum Gasteiger partial charge on any atom is -0.485 e. The van der Waals surface area contributed by atoms with Crippen LogP contribution < -0.4 is 4.74 Å². The Labute approximate surface area is 107 Å². The number of hydrogen-bond donors (Lipinski definition) is 0. The second kappa shape index (κ2) is 5.50. The molecule has 0 unspecified atom stereocenters. The fourth-order valence-corrected chi connectivity index (χ4v) is 1.68. The number of carbonyl (C=O) groups is 1. The fraction of sp³-hybridized carbons (Fsp3) is 0.188. The van der Waals surface area contributed by atoms with Gasteiger partial charge in [0.15, 0.2) is 12.4 Å². The van der Waals surface area contributed by atoms with Crippen LogP contribution in [0.15, 0.2) is 48.5 Å². The molecule has 0 atom stereocenters. The van der Waals surface area contributed by atoms with Gasteiger partial charge in [0.1, 0.15) is 5.75 Å². The van der Waals surface area contributed by atoms with Gasteiger partial charge in [-0.25, -0.2) is 0 Å². The van der Waals surface area contributed by atoms with E-state index >= 15 is 0 Å². The molecule has 92 valence electrons. The van der Waals surface area contributed by atoms with E-state index in [0.717, 1.165) is 16.9 Å². The Bertz CT molecular complexity index is 541. The SMILES string of the molecule is Cc1ccc(C(=O)COc2cccc(C)c2)cc1. The third-order valence-corrected chi connectivity index (χ3v) is 2.73. The van der Waals surface area contributed by atoms with Crippen molar-refractivity contribution in [1.82, 2.24) is 0 Å². The van der Waals surface area contributed by atoms with E-state index in [9.17, 15) is 4.79 Å². The average molecular weight is 240 g/mol. The fourth-order valence-electron chi connectivity index (χ4n) is 1.68. The van der Waals surface area contributed by atoms with Crippen molar-refractivity contribution in [2.24, 2.45) is 0 Å². The van der Waals surface area contributed by atoms with Gasteiger partial charge in [0.05, 0.1) is 0 Å². The number of hydrogen-bond acceptors (Lipinski definition) is 2. The summed E-state index contributed by atoms with van der Waals surface area (Å²) in [6, 6.07) is 15.2. The normalized spacial score (nSPS) is 10.1. The van der Waals surface area contributed by atoms with E-state index in [4.69, 9.17) is 4.74 Å². The number of carbonyl (C=O) groups excluding carboxylic acids is 1. The molecule has 0 heterocycles. The number of ether oxygens (including phenoxy) is 1. The van der Waals surface area contributed by atoms with Gasteiger partial charge >= 0.3 is 0 Å². The zero-order chi connectivity index (χ0) is 13.0. The topological polar surface area (TPSA) is 26.3 Å². The number of benzene rings is 2. The Hall–Kier alpha value is -2.09. The van der Waals surface area contributed by atoms with Crippen LogP contribution in [0.2, 0.25) is 0 Å². The Kier molecular flexibility index (Phi) is 3.78. The van der Waals surface area contributed by atoms with Crippen LogP contribution in [0.1, 0.15) is 21.5 Å². The molecule has 0 fully saturated rings. The van der Waals surface area contributed by atoms with Gasteiger partial charge in [0, 0.05) is 5.56 Å². The van der Waals surface area contributed by atoms with Crippen molar-refractivity contribution in [1.29, 1.82) is 0 Å². The van der Waals surface area contributed by atoms with E-state index in [0.29, 0.717) is 5.56 Å². The minimum absolute atomic E-state index is 0.00324. The molecule has 0 bridgehead atoms. The quantitative estimate of drug-likeness (QED) is 0.764. The third-order valence-electron chi connectivity index (χ3n) is 2.73. The van der Waals surface area contributed by atoms with E-state index in [1.807, 2.05) is 62.4 Å². The molecular weight excluding hydrogens is 224 g/mol. The summed E-state index contributed by atoms with van der Waals surface area (Å²) in [5.41, 5.74) is 2.95. The summed E-state index contributed by atoms with van der Waals surface area (Å²) >= 11 is 0. The van der Waals surface area contributed by atoms with E-state index in [1.54, 1.807) is 0 Å². The summed E-state index contributed by atoms with van der Waals surface area (Å²) in [6.07, 6.45) is 0. The molecule has 2 heteroatoms. The summed E-state index contributed by atoms with van der Waals surface area (Å²) in [5.74, 6) is 0.729. The molecule has 2 rings (SSSR count). The van der Waals surface area contributed by atoms with E-state index in [2.05, 4.69) is 0 Å². The lowest BCUT2D eigenvalue weighted by Gasteiger charge is -2.06. The molecule has 2 aromatic rings. The molecule has 2 nitrogen and oxygen atoms in total. The molecule has 0 aliphatic heterocycles. The van der Waals surface area contributed by atoms with Crippen LogP contribution in [0.4, 0.5) is 0 Å². The highest BCUT2D eigenvalue weighted by Gasteiger charge is 2.06. The van der Waals surface area contributed by atoms with Gasteiger partial charge in [0.25, 0.3) is 0 Å². The number of aryl methyl sites for hydroxylation is 2. The van der Waals surface area contributed by atoms with Crippen LogP contribution in [0, 0.1) is 13.8 Å². The zero-order valence-corrected chi connectivity index (χ0v) is 10.6. The van der Waals surface area contributed by atoms with Crippen molar-refractivity contribution in [2.75, 3.05) is 6.61 Å². The second-order valence-electron chi connectivity index (χ2n) is 4.39. The predicted molar refractivity (Wildman–Crippen MR) is 72.2 cm³/mol. The van der Waals surface area contributed by atoms with Gasteiger partial charge in [-0.15, -0.1) is 0 Å². The van der Waals surface area contributed by atoms with Crippen molar-refractivity contribution >= 4 is 5.78 Å². The highest BCUT2D eigenvalue weighted by atomic mass is 16.5. The van der Waals surface area contributed by atoms with Gasteiger partial charge in [0.2, 0.25) is 0 Å². The Morgan fingerprint density at radius 2 is 1.72 bits per heavy atom. The van der Waals surface area contributed by atoms with Crippen LogP contribution >= 0.6 is 0 Å². The van der Waals surface area contributed by atoms with Crippen molar-refractivity contribution in [2.45, 2.75) is 13.8 Å². The molecular formula is C16H16O2. The number of rotatable bonds is 4. The van der Waals surface area contributed by atoms with Crippen LogP contribution in [0.25, 0.3) is 0 Å². The highest BCUT2D eigenvalue weighted by Crippen LogP contribution is 2.13. The zero-order valence-electron chi connectivity index (χ0n) is 10.6. The summed E-state index contributed by atoms with van der Waals surface area (Å²) in [7, 11) is 0. The Morgan fingerprint density at radius 3 is 2.39 bits per heavy atom. The van der Waals surface area contributed by atoms with Crippen molar-refractivity contribution in [3.05, 3.63) is 65.2 Å². The van der Waals surface area contributed by atoms with E-state index in [-0.39, 0.29) is 12.4 Å². The lowest BCUT2D eigenvalue weighted by molar-refractivity contribution is 0.0921. The molecule has 0 saturated carbocycles. The molecule has 0 aliphatic carbocycles. The second-order valence-corrected chi connectivity index (χ2v) is 4.39. The lowest BCUT2D eigenvalue weighted by atomic mass is 10.1. The van der Waals surface area contributed by atoms with Crippen LogP contribution in [-0.4, -0.2) is 12.4 Å². The van der Waals surface area contributed by atoms with Gasteiger partial charge in [-0.3, -0.25) is 4.79 Å². The molecule has 0 aromatic heterocycles. The maximum Gasteiger partial charge on any atom is 0.200 e. The van der Waals surface area contributed by atoms with Gasteiger partial charge in [-0.2, -0.15) is 0 Å². The summed E-state index contributed by atoms with van der Waals surface area (Å²) in [6.45, 7) is 4.07. The monoisotopic (exact) mass is 240 g/mol. The lowest BCUT2D eigenvalue weighted by Crippen LogP contribution is -2.11. The first-order chi connectivity index (χ1) is 8.65.